The Labute approximate surface area is 142 Å². The molecule has 0 aliphatic carbocycles. The third-order valence-corrected chi connectivity index (χ3v) is 4.80. The van der Waals surface area contributed by atoms with Crippen molar-refractivity contribution < 1.29 is 19.1 Å². The van der Waals surface area contributed by atoms with Crippen LogP contribution in [0.1, 0.15) is 26.2 Å². The van der Waals surface area contributed by atoms with Crippen LogP contribution < -0.4 is 9.47 Å². The number of nitrogens with zero attached hydrogens (tertiary/aromatic N) is 2. The second-order valence-electron chi connectivity index (χ2n) is 6.27. The lowest BCUT2D eigenvalue weighted by Crippen LogP contribution is -2.61. The van der Waals surface area contributed by atoms with Crippen LogP contribution in [0.25, 0.3) is 0 Å². The van der Waals surface area contributed by atoms with Gasteiger partial charge in [-0.2, -0.15) is 0 Å². The SMILES string of the molecule is COc1ccc(OCCCN2C(=O)[C@H]3CCCN3C(=O)[C@@H]2C)cc1. The quantitative estimate of drug-likeness (QED) is 0.744. The molecule has 2 atom stereocenters. The standard InChI is InChI=1S/C18H24N2O4/c1-13-17(21)20-10-3-5-16(20)18(22)19(13)11-4-12-24-15-8-6-14(23-2)7-9-15/h6-9,13,16H,3-5,10-12H2,1-2H3/t13-,16+/m0/s1. The molecule has 2 aliphatic rings. The number of amides is 2. The lowest BCUT2D eigenvalue weighted by Gasteiger charge is -2.40. The topological polar surface area (TPSA) is 59.1 Å². The molecule has 2 saturated heterocycles. The summed E-state index contributed by atoms with van der Waals surface area (Å²) < 4.78 is 10.8. The largest absolute Gasteiger partial charge is 0.497 e. The number of carbonyl (C=O) groups excluding carboxylic acids is 2. The van der Waals surface area contributed by atoms with Crippen LogP contribution in [0, 0.1) is 0 Å². The van der Waals surface area contributed by atoms with Gasteiger partial charge in [0.25, 0.3) is 0 Å². The van der Waals surface area contributed by atoms with Crippen LogP contribution in [0.5, 0.6) is 11.5 Å². The first kappa shape index (κ1) is 16.6. The molecule has 0 N–H and O–H groups in total. The normalized spacial score (nSPS) is 23.4. The third kappa shape index (κ3) is 3.18. The molecule has 6 nitrogen and oxygen atoms in total. The first-order valence-electron chi connectivity index (χ1n) is 8.49. The second kappa shape index (κ2) is 7.11. The number of methoxy groups -OCH3 is 1. The Kier molecular flexibility index (Phi) is 4.92. The van der Waals surface area contributed by atoms with Crippen molar-refractivity contribution in [2.24, 2.45) is 0 Å². The molecular weight excluding hydrogens is 308 g/mol. The van der Waals surface area contributed by atoms with E-state index in [4.69, 9.17) is 9.47 Å². The number of piperazine rings is 1. The summed E-state index contributed by atoms with van der Waals surface area (Å²) in [6, 6.07) is 6.79. The maximum Gasteiger partial charge on any atom is 0.246 e. The van der Waals surface area contributed by atoms with Crippen LogP contribution in [0.4, 0.5) is 0 Å². The van der Waals surface area contributed by atoms with Crippen LogP contribution >= 0.6 is 0 Å². The van der Waals surface area contributed by atoms with Crippen LogP contribution in [-0.2, 0) is 9.59 Å². The highest BCUT2D eigenvalue weighted by Gasteiger charge is 2.45. The highest BCUT2D eigenvalue weighted by atomic mass is 16.5. The van der Waals surface area contributed by atoms with Crippen molar-refractivity contribution in [3.63, 3.8) is 0 Å². The maximum absolute atomic E-state index is 12.6. The summed E-state index contributed by atoms with van der Waals surface area (Å²) in [5.41, 5.74) is 0. The molecule has 2 heterocycles. The molecule has 0 saturated carbocycles. The van der Waals surface area contributed by atoms with Crippen molar-refractivity contribution in [3.8, 4) is 11.5 Å². The van der Waals surface area contributed by atoms with Gasteiger partial charge in [0, 0.05) is 13.1 Å². The van der Waals surface area contributed by atoms with Crippen molar-refractivity contribution in [1.29, 1.82) is 0 Å². The molecule has 6 heteroatoms. The van der Waals surface area contributed by atoms with Crippen molar-refractivity contribution in [2.75, 3.05) is 26.8 Å². The molecule has 2 aliphatic heterocycles. The van der Waals surface area contributed by atoms with Crippen LogP contribution in [-0.4, -0.2) is 60.5 Å². The molecule has 24 heavy (non-hydrogen) atoms. The molecule has 130 valence electrons. The Morgan fingerprint density at radius 2 is 1.83 bits per heavy atom. The first-order valence-corrected chi connectivity index (χ1v) is 8.49. The fraction of sp³-hybridized carbons (Fsp3) is 0.556. The van der Waals surface area contributed by atoms with Gasteiger partial charge in [0.1, 0.15) is 23.6 Å². The number of fused-ring (bicyclic) bond motifs is 1. The Morgan fingerprint density at radius 3 is 2.54 bits per heavy atom. The minimum absolute atomic E-state index is 0.0770. The van der Waals surface area contributed by atoms with E-state index in [1.54, 1.807) is 16.9 Å². The van der Waals surface area contributed by atoms with E-state index >= 15 is 0 Å². The predicted molar refractivity (Wildman–Crippen MR) is 89.0 cm³/mol. The van der Waals surface area contributed by atoms with Gasteiger partial charge in [0.15, 0.2) is 0 Å². The van der Waals surface area contributed by atoms with Gasteiger partial charge in [-0.3, -0.25) is 9.59 Å². The van der Waals surface area contributed by atoms with Crippen LogP contribution in [0.2, 0.25) is 0 Å². The van der Waals surface area contributed by atoms with E-state index in [-0.39, 0.29) is 23.9 Å². The molecule has 0 bridgehead atoms. The van der Waals surface area contributed by atoms with Crippen LogP contribution in [0.15, 0.2) is 24.3 Å². The van der Waals surface area contributed by atoms with Gasteiger partial charge < -0.3 is 19.3 Å². The van der Waals surface area contributed by atoms with E-state index in [1.807, 2.05) is 31.2 Å². The van der Waals surface area contributed by atoms with E-state index < -0.39 is 0 Å². The molecule has 2 amide bonds. The van der Waals surface area contributed by atoms with Gasteiger partial charge in [-0.1, -0.05) is 0 Å². The molecule has 0 radical (unpaired) electrons. The number of ether oxygens (including phenoxy) is 2. The molecule has 2 fully saturated rings. The average Bonchev–Trinajstić information content (AvgIpc) is 3.10. The molecule has 0 unspecified atom stereocenters. The molecule has 0 aromatic heterocycles. The number of hydrogen-bond donors (Lipinski definition) is 0. The first-order chi connectivity index (χ1) is 11.6. The summed E-state index contributed by atoms with van der Waals surface area (Å²) in [5, 5.41) is 0. The smallest absolute Gasteiger partial charge is 0.246 e. The second-order valence-corrected chi connectivity index (χ2v) is 6.27. The summed E-state index contributed by atoms with van der Waals surface area (Å²) in [5.74, 6) is 1.72. The van der Waals surface area contributed by atoms with E-state index in [0.29, 0.717) is 26.1 Å². The Hall–Kier alpha value is -2.24. The predicted octanol–water partition coefficient (Wildman–Crippen LogP) is 1.69. The molecule has 1 aromatic carbocycles. The van der Waals surface area contributed by atoms with Crippen molar-refractivity contribution in [2.45, 2.75) is 38.3 Å². The third-order valence-electron chi connectivity index (χ3n) is 4.80. The van der Waals surface area contributed by atoms with E-state index in [0.717, 1.165) is 24.3 Å². The van der Waals surface area contributed by atoms with Crippen molar-refractivity contribution in [3.05, 3.63) is 24.3 Å². The van der Waals surface area contributed by atoms with Gasteiger partial charge in [0.05, 0.1) is 13.7 Å². The molecule has 1 aromatic rings. The Morgan fingerprint density at radius 1 is 1.12 bits per heavy atom. The van der Waals surface area contributed by atoms with Gasteiger partial charge >= 0.3 is 0 Å². The zero-order valence-electron chi connectivity index (χ0n) is 14.2. The highest BCUT2D eigenvalue weighted by Crippen LogP contribution is 2.27. The van der Waals surface area contributed by atoms with E-state index in [2.05, 4.69) is 0 Å². The monoisotopic (exact) mass is 332 g/mol. The highest BCUT2D eigenvalue weighted by molar-refractivity contribution is 5.97. The fourth-order valence-corrected chi connectivity index (χ4v) is 3.44. The lowest BCUT2D eigenvalue weighted by molar-refractivity contribution is -0.158. The van der Waals surface area contributed by atoms with Crippen molar-refractivity contribution >= 4 is 11.8 Å². The van der Waals surface area contributed by atoms with Gasteiger partial charge in [0.2, 0.25) is 11.8 Å². The van der Waals surface area contributed by atoms with Gasteiger partial charge in [-0.25, -0.2) is 0 Å². The zero-order chi connectivity index (χ0) is 17.1. The van der Waals surface area contributed by atoms with E-state index in [1.165, 1.54) is 0 Å². The summed E-state index contributed by atoms with van der Waals surface area (Å²) in [6.45, 7) is 3.59. The molecule has 3 rings (SSSR count). The summed E-state index contributed by atoms with van der Waals surface area (Å²) in [7, 11) is 1.62. The minimum Gasteiger partial charge on any atom is -0.497 e. The summed E-state index contributed by atoms with van der Waals surface area (Å²) in [4.78, 5) is 28.4. The molecular formula is C18H24N2O4. The Balaban J connectivity index is 1.50. The van der Waals surface area contributed by atoms with Crippen molar-refractivity contribution in [1.82, 2.24) is 9.80 Å². The Bertz CT molecular complexity index is 602. The minimum atomic E-state index is -0.368. The lowest BCUT2D eigenvalue weighted by atomic mass is 10.1. The fourth-order valence-electron chi connectivity index (χ4n) is 3.44. The summed E-state index contributed by atoms with van der Waals surface area (Å²) >= 11 is 0. The van der Waals surface area contributed by atoms with E-state index in [9.17, 15) is 9.59 Å². The zero-order valence-corrected chi connectivity index (χ0v) is 14.2. The number of hydrogen-bond acceptors (Lipinski definition) is 4. The number of rotatable bonds is 6. The number of carbonyl (C=O) groups is 2. The summed E-state index contributed by atoms with van der Waals surface area (Å²) in [6.07, 6.45) is 2.40. The average molecular weight is 332 g/mol. The maximum atomic E-state index is 12.6. The number of benzene rings is 1. The van der Waals surface area contributed by atoms with Gasteiger partial charge in [-0.15, -0.1) is 0 Å². The molecule has 0 spiro atoms. The van der Waals surface area contributed by atoms with Gasteiger partial charge in [-0.05, 0) is 50.5 Å². The van der Waals surface area contributed by atoms with Crippen LogP contribution in [0.3, 0.4) is 0 Å².